The van der Waals surface area contributed by atoms with Crippen LogP contribution in [-0.4, -0.2) is 24.2 Å². The van der Waals surface area contributed by atoms with Crippen molar-refractivity contribution in [1.82, 2.24) is 0 Å². The van der Waals surface area contributed by atoms with Gasteiger partial charge in [0, 0.05) is 17.3 Å². The van der Waals surface area contributed by atoms with Crippen LogP contribution in [0.4, 0.5) is 0 Å². The molecule has 0 aliphatic carbocycles. The molecule has 0 saturated heterocycles. The number of esters is 1. The Morgan fingerprint density at radius 1 is 1.44 bits per heavy atom. The minimum atomic E-state index is -0.471. The Hall–Kier alpha value is -0.870. The molecular formula is C11H10BrClO3. The molecule has 86 valence electrons. The van der Waals surface area contributed by atoms with Gasteiger partial charge in [-0.25, -0.2) is 4.79 Å². The minimum Gasteiger partial charge on any atom is -0.465 e. The van der Waals surface area contributed by atoms with Gasteiger partial charge in [0.25, 0.3) is 0 Å². The molecule has 0 unspecified atom stereocenters. The number of alkyl halides is 1. The first-order valence-electron chi connectivity index (χ1n) is 4.57. The second-order valence-electron chi connectivity index (χ2n) is 3.05. The molecule has 0 aromatic heterocycles. The van der Waals surface area contributed by atoms with E-state index >= 15 is 0 Å². The summed E-state index contributed by atoms with van der Waals surface area (Å²) in [5, 5.41) is 0.856. The van der Waals surface area contributed by atoms with Gasteiger partial charge in [-0.3, -0.25) is 4.79 Å². The average Bonchev–Trinajstić information content (AvgIpc) is 2.28. The average molecular weight is 306 g/mol. The van der Waals surface area contributed by atoms with Gasteiger partial charge in [-0.2, -0.15) is 0 Å². The highest BCUT2D eigenvalue weighted by molar-refractivity contribution is 9.09. The van der Waals surface area contributed by atoms with Crippen LogP contribution >= 0.6 is 27.5 Å². The van der Waals surface area contributed by atoms with Crippen molar-refractivity contribution in [2.75, 3.05) is 12.4 Å². The van der Waals surface area contributed by atoms with E-state index in [1.54, 1.807) is 6.07 Å². The number of hydrogen-bond donors (Lipinski definition) is 0. The molecule has 1 rings (SSSR count). The van der Waals surface area contributed by atoms with Gasteiger partial charge in [0.05, 0.1) is 17.7 Å². The van der Waals surface area contributed by atoms with Crippen molar-refractivity contribution < 1.29 is 14.3 Å². The van der Waals surface area contributed by atoms with Crippen molar-refractivity contribution in [2.45, 2.75) is 6.42 Å². The SMILES string of the molecule is COC(=O)c1ccc(C(=O)CCBr)c(Cl)c1. The molecule has 0 spiro atoms. The second kappa shape index (κ2) is 6.01. The first-order chi connectivity index (χ1) is 7.60. The van der Waals surface area contributed by atoms with Crippen LogP contribution in [-0.2, 0) is 4.74 Å². The molecule has 16 heavy (non-hydrogen) atoms. The van der Waals surface area contributed by atoms with Gasteiger partial charge in [0.15, 0.2) is 5.78 Å². The maximum Gasteiger partial charge on any atom is 0.337 e. The van der Waals surface area contributed by atoms with Crippen LogP contribution in [0.2, 0.25) is 5.02 Å². The van der Waals surface area contributed by atoms with E-state index in [1.165, 1.54) is 19.2 Å². The van der Waals surface area contributed by atoms with E-state index in [4.69, 9.17) is 11.6 Å². The molecule has 1 aromatic carbocycles. The molecule has 3 nitrogen and oxygen atoms in total. The number of methoxy groups -OCH3 is 1. The fraction of sp³-hybridized carbons (Fsp3) is 0.273. The van der Waals surface area contributed by atoms with Gasteiger partial charge < -0.3 is 4.74 Å². The maximum atomic E-state index is 11.6. The van der Waals surface area contributed by atoms with E-state index in [1.807, 2.05) is 0 Å². The van der Waals surface area contributed by atoms with Gasteiger partial charge in [0.2, 0.25) is 0 Å². The molecule has 0 amide bonds. The zero-order valence-electron chi connectivity index (χ0n) is 8.63. The monoisotopic (exact) mass is 304 g/mol. The Bertz CT molecular complexity index is 418. The minimum absolute atomic E-state index is 0.0571. The zero-order chi connectivity index (χ0) is 12.1. The second-order valence-corrected chi connectivity index (χ2v) is 4.25. The summed E-state index contributed by atoms with van der Waals surface area (Å²) in [7, 11) is 1.29. The fourth-order valence-corrected chi connectivity index (χ4v) is 1.85. The molecule has 5 heteroatoms. The van der Waals surface area contributed by atoms with Crippen molar-refractivity contribution in [3.05, 3.63) is 34.3 Å². The largest absolute Gasteiger partial charge is 0.465 e. The van der Waals surface area contributed by atoms with E-state index in [2.05, 4.69) is 20.7 Å². The molecule has 0 aliphatic rings. The Labute approximate surface area is 107 Å². The smallest absolute Gasteiger partial charge is 0.337 e. The Balaban J connectivity index is 3.00. The fourth-order valence-electron chi connectivity index (χ4n) is 1.21. The summed E-state index contributed by atoms with van der Waals surface area (Å²) in [6.07, 6.45) is 0.372. The number of Topliss-reactive ketones (excluding diaryl/α,β-unsaturated/α-hetero) is 1. The number of carbonyl (C=O) groups is 2. The number of halogens is 2. The highest BCUT2D eigenvalue weighted by atomic mass is 79.9. The first kappa shape index (κ1) is 13.2. The number of hydrogen-bond acceptors (Lipinski definition) is 3. The van der Waals surface area contributed by atoms with E-state index in [-0.39, 0.29) is 10.8 Å². The maximum absolute atomic E-state index is 11.6. The third-order valence-corrected chi connectivity index (χ3v) is 2.72. The highest BCUT2D eigenvalue weighted by Crippen LogP contribution is 2.20. The molecule has 0 saturated carbocycles. The quantitative estimate of drug-likeness (QED) is 0.488. The normalized spacial score (nSPS) is 9.94. The van der Waals surface area contributed by atoms with Gasteiger partial charge in [-0.05, 0) is 18.2 Å². The number of rotatable bonds is 4. The third-order valence-electron chi connectivity index (χ3n) is 2.01. The molecule has 1 aromatic rings. The summed E-state index contributed by atoms with van der Waals surface area (Å²) in [6.45, 7) is 0. The molecule has 0 aliphatic heterocycles. The lowest BCUT2D eigenvalue weighted by molar-refractivity contribution is 0.0600. The molecule has 0 heterocycles. The number of ether oxygens (including phenoxy) is 1. The zero-order valence-corrected chi connectivity index (χ0v) is 11.0. The van der Waals surface area contributed by atoms with Crippen molar-refractivity contribution in [3.63, 3.8) is 0 Å². The summed E-state index contributed by atoms with van der Waals surface area (Å²) in [5.74, 6) is -0.528. The van der Waals surface area contributed by atoms with Crippen molar-refractivity contribution in [2.24, 2.45) is 0 Å². The number of benzene rings is 1. The van der Waals surface area contributed by atoms with E-state index in [0.717, 1.165) is 0 Å². The molecular weight excluding hydrogens is 295 g/mol. The molecule has 0 fully saturated rings. The van der Waals surface area contributed by atoms with Crippen LogP contribution in [0.15, 0.2) is 18.2 Å². The predicted octanol–water partition coefficient (Wildman–Crippen LogP) is 3.09. The van der Waals surface area contributed by atoms with Crippen LogP contribution in [0, 0.1) is 0 Å². The Morgan fingerprint density at radius 3 is 2.62 bits per heavy atom. The first-order valence-corrected chi connectivity index (χ1v) is 6.07. The van der Waals surface area contributed by atoms with Gasteiger partial charge in [0.1, 0.15) is 0 Å². The lowest BCUT2D eigenvalue weighted by Crippen LogP contribution is -2.04. The van der Waals surface area contributed by atoms with Crippen molar-refractivity contribution >= 4 is 39.3 Å². The summed E-state index contributed by atoms with van der Waals surface area (Å²) < 4.78 is 4.55. The summed E-state index contributed by atoms with van der Waals surface area (Å²) in [5.41, 5.74) is 0.761. The van der Waals surface area contributed by atoms with Crippen molar-refractivity contribution in [3.8, 4) is 0 Å². The van der Waals surface area contributed by atoms with E-state index in [0.29, 0.717) is 22.9 Å². The van der Waals surface area contributed by atoms with E-state index < -0.39 is 5.97 Å². The standard InChI is InChI=1S/C11H10BrClO3/c1-16-11(15)7-2-3-8(9(13)6-7)10(14)4-5-12/h2-3,6H,4-5H2,1H3. The Morgan fingerprint density at radius 2 is 2.12 bits per heavy atom. The Kier molecular flexibility index (Phi) is 4.96. The van der Waals surface area contributed by atoms with Gasteiger partial charge >= 0.3 is 5.97 Å². The third kappa shape index (κ3) is 3.06. The topological polar surface area (TPSA) is 43.4 Å². The summed E-state index contributed by atoms with van der Waals surface area (Å²) >= 11 is 9.10. The van der Waals surface area contributed by atoms with Gasteiger partial charge in [-0.15, -0.1) is 0 Å². The molecule has 0 radical (unpaired) electrons. The van der Waals surface area contributed by atoms with Gasteiger partial charge in [-0.1, -0.05) is 27.5 Å². The molecule has 0 N–H and O–H groups in total. The predicted molar refractivity (Wildman–Crippen MR) is 65.5 cm³/mol. The lowest BCUT2D eigenvalue weighted by Gasteiger charge is -2.04. The molecule has 0 bridgehead atoms. The molecule has 0 atom stereocenters. The van der Waals surface area contributed by atoms with Crippen molar-refractivity contribution in [1.29, 1.82) is 0 Å². The summed E-state index contributed by atoms with van der Waals surface area (Å²) in [6, 6.07) is 4.51. The van der Waals surface area contributed by atoms with Crippen LogP contribution in [0.3, 0.4) is 0 Å². The van der Waals surface area contributed by atoms with E-state index in [9.17, 15) is 9.59 Å². The lowest BCUT2D eigenvalue weighted by atomic mass is 10.1. The van der Waals surface area contributed by atoms with Crippen LogP contribution < -0.4 is 0 Å². The van der Waals surface area contributed by atoms with Crippen LogP contribution in [0.1, 0.15) is 27.1 Å². The number of ketones is 1. The van der Waals surface area contributed by atoms with Crippen LogP contribution in [0.5, 0.6) is 0 Å². The van der Waals surface area contributed by atoms with Crippen LogP contribution in [0.25, 0.3) is 0 Å². The highest BCUT2D eigenvalue weighted by Gasteiger charge is 2.13. The number of carbonyl (C=O) groups excluding carboxylic acids is 2. The summed E-state index contributed by atoms with van der Waals surface area (Å²) in [4.78, 5) is 22.8.